The number of aliphatic hydroxyl groups excluding tert-OH is 1. The van der Waals surface area contributed by atoms with Crippen LogP contribution in [0.1, 0.15) is 5.56 Å². The van der Waals surface area contributed by atoms with Gasteiger partial charge in [0.1, 0.15) is 0 Å². The molecule has 1 N–H and O–H groups in total. The van der Waals surface area contributed by atoms with Crippen molar-refractivity contribution < 1.29 is 13.5 Å². The third-order valence-electron chi connectivity index (χ3n) is 2.54. The lowest BCUT2D eigenvalue weighted by molar-refractivity contribution is 0.282. The van der Waals surface area contributed by atoms with Gasteiger partial charge < -0.3 is 5.11 Å². The molecular weight excluding hydrogens is 316 g/mol. The summed E-state index contributed by atoms with van der Waals surface area (Å²) in [5.74, 6) is 0. The Balaban J connectivity index is 2.44. The molecule has 0 radical (unpaired) electrons. The first-order chi connectivity index (χ1) is 8.54. The summed E-state index contributed by atoms with van der Waals surface area (Å²) in [6.45, 7) is -0.0986. The molecule has 0 unspecified atom stereocenters. The molecule has 3 nitrogen and oxygen atoms in total. The van der Waals surface area contributed by atoms with Crippen molar-refractivity contribution in [1.29, 1.82) is 0 Å². The Labute approximate surface area is 114 Å². The summed E-state index contributed by atoms with van der Waals surface area (Å²) in [6.07, 6.45) is 0. The van der Waals surface area contributed by atoms with Crippen molar-refractivity contribution in [2.24, 2.45) is 0 Å². The van der Waals surface area contributed by atoms with Crippen LogP contribution in [0, 0.1) is 0 Å². The zero-order chi connectivity index (χ0) is 13.2. The monoisotopic (exact) mass is 326 g/mol. The van der Waals surface area contributed by atoms with Gasteiger partial charge in [0, 0.05) is 4.47 Å². The van der Waals surface area contributed by atoms with Gasteiger partial charge >= 0.3 is 0 Å². The second-order valence-electron chi connectivity index (χ2n) is 3.76. The molecule has 18 heavy (non-hydrogen) atoms. The molecule has 0 aromatic heterocycles. The number of halogens is 1. The van der Waals surface area contributed by atoms with E-state index in [1.54, 1.807) is 36.4 Å². The fourth-order valence-corrected chi connectivity index (χ4v) is 3.05. The molecule has 0 saturated heterocycles. The van der Waals surface area contributed by atoms with E-state index in [1.165, 1.54) is 12.1 Å². The molecule has 0 aliphatic rings. The van der Waals surface area contributed by atoms with Crippen LogP contribution in [0.25, 0.3) is 0 Å². The minimum Gasteiger partial charge on any atom is -0.392 e. The van der Waals surface area contributed by atoms with Crippen LogP contribution in [-0.2, 0) is 16.4 Å². The minimum atomic E-state index is -3.48. The number of aliphatic hydroxyl groups is 1. The van der Waals surface area contributed by atoms with Crippen molar-refractivity contribution in [2.45, 2.75) is 16.4 Å². The van der Waals surface area contributed by atoms with Crippen LogP contribution in [0.2, 0.25) is 0 Å². The summed E-state index contributed by atoms with van der Waals surface area (Å²) in [5, 5.41) is 8.92. The summed E-state index contributed by atoms with van der Waals surface area (Å²) < 4.78 is 25.4. The predicted octanol–water partition coefficient (Wildman–Crippen LogP) is 2.77. The highest BCUT2D eigenvalue weighted by Gasteiger charge is 2.16. The fraction of sp³-hybridized carbons (Fsp3) is 0.0769. The van der Waals surface area contributed by atoms with Crippen molar-refractivity contribution in [2.75, 3.05) is 0 Å². The van der Waals surface area contributed by atoms with Crippen LogP contribution in [0.5, 0.6) is 0 Å². The Kier molecular flexibility index (Phi) is 3.85. The van der Waals surface area contributed by atoms with E-state index in [9.17, 15) is 8.42 Å². The van der Waals surface area contributed by atoms with E-state index in [-0.39, 0.29) is 16.4 Å². The third-order valence-corrected chi connectivity index (χ3v) is 4.85. The zero-order valence-corrected chi connectivity index (χ0v) is 11.8. The molecule has 0 aliphatic carbocycles. The first-order valence-electron chi connectivity index (χ1n) is 5.24. The predicted molar refractivity (Wildman–Crippen MR) is 72.0 cm³/mol. The molecule has 0 atom stereocenters. The van der Waals surface area contributed by atoms with Gasteiger partial charge in [-0.25, -0.2) is 8.42 Å². The maximum Gasteiger partial charge on any atom is 0.206 e. The smallest absolute Gasteiger partial charge is 0.206 e. The third kappa shape index (κ3) is 2.63. The van der Waals surface area contributed by atoms with Crippen LogP contribution in [0.15, 0.2) is 62.8 Å². The molecule has 2 rings (SSSR count). The number of rotatable bonds is 3. The highest BCUT2D eigenvalue weighted by molar-refractivity contribution is 9.10. The van der Waals surface area contributed by atoms with E-state index in [4.69, 9.17) is 5.11 Å². The van der Waals surface area contributed by atoms with Gasteiger partial charge in [0.05, 0.1) is 16.4 Å². The van der Waals surface area contributed by atoms with Crippen molar-refractivity contribution in [3.8, 4) is 0 Å². The molecule has 0 bridgehead atoms. The molecule has 0 spiro atoms. The van der Waals surface area contributed by atoms with Gasteiger partial charge in [-0.3, -0.25) is 0 Å². The summed E-state index contributed by atoms with van der Waals surface area (Å²) in [6, 6.07) is 12.7. The van der Waals surface area contributed by atoms with Crippen LogP contribution in [-0.4, -0.2) is 13.5 Å². The lowest BCUT2D eigenvalue weighted by atomic mass is 10.2. The molecule has 0 heterocycles. The van der Waals surface area contributed by atoms with Crippen LogP contribution in [0.3, 0.4) is 0 Å². The van der Waals surface area contributed by atoms with Gasteiger partial charge in [0.25, 0.3) is 0 Å². The van der Waals surface area contributed by atoms with Gasteiger partial charge in [0.15, 0.2) is 0 Å². The Morgan fingerprint density at radius 1 is 0.889 bits per heavy atom. The SMILES string of the molecule is O=S(=O)(c1ccc(Br)cc1)c1ccc(CO)cc1. The highest BCUT2D eigenvalue weighted by Crippen LogP contribution is 2.22. The number of hydrogen-bond donors (Lipinski definition) is 1. The topological polar surface area (TPSA) is 54.4 Å². The second kappa shape index (κ2) is 5.22. The summed E-state index contributed by atoms with van der Waals surface area (Å²) in [7, 11) is -3.48. The lowest BCUT2D eigenvalue weighted by Gasteiger charge is -2.05. The molecular formula is C13H11BrO3S. The minimum absolute atomic E-state index is 0.0986. The van der Waals surface area contributed by atoms with Crippen molar-refractivity contribution in [3.63, 3.8) is 0 Å². The lowest BCUT2D eigenvalue weighted by Crippen LogP contribution is -2.01. The van der Waals surface area contributed by atoms with E-state index in [0.29, 0.717) is 5.56 Å². The maximum absolute atomic E-state index is 12.3. The fourth-order valence-electron chi connectivity index (χ4n) is 1.52. The number of benzene rings is 2. The number of sulfone groups is 1. The Morgan fingerprint density at radius 2 is 1.33 bits per heavy atom. The Hall–Kier alpha value is -1.17. The Morgan fingerprint density at radius 3 is 1.78 bits per heavy atom. The summed E-state index contributed by atoms with van der Waals surface area (Å²) in [5.41, 5.74) is 0.685. The quantitative estimate of drug-likeness (QED) is 0.943. The maximum atomic E-state index is 12.3. The van der Waals surface area contributed by atoms with Crippen LogP contribution in [0.4, 0.5) is 0 Å². The molecule has 0 fully saturated rings. The molecule has 5 heteroatoms. The van der Waals surface area contributed by atoms with Gasteiger partial charge in [-0.2, -0.15) is 0 Å². The molecule has 94 valence electrons. The standard InChI is InChI=1S/C13H11BrO3S/c14-11-3-7-13(8-4-11)18(16,17)12-5-1-10(9-15)2-6-12/h1-8,15H,9H2. The number of hydrogen-bond acceptors (Lipinski definition) is 3. The van der Waals surface area contributed by atoms with E-state index in [1.807, 2.05) is 0 Å². The van der Waals surface area contributed by atoms with E-state index >= 15 is 0 Å². The van der Waals surface area contributed by atoms with Crippen molar-refractivity contribution in [3.05, 3.63) is 58.6 Å². The average Bonchev–Trinajstić information content (AvgIpc) is 2.39. The normalized spacial score (nSPS) is 11.4. The van der Waals surface area contributed by atoms with Gasteiger partial charge in [-0.15, -0.1) is 0 Å². The average molecular weight is 327 g/mol. The van der Waals surface area contributed by atoms with E-state index in [2.05, 4.69) is 15.9 Å². The largest absolute Gasteiger partial charge is 0.392 e. The van der Waals surface area contributed by atoms with E-state index < -0.39 is 9.84 Å². The molecule has 0 saturated carbocycles. The molecule has 0 aliphatic heterocycles. The zero-order valence-electron chi connectivity index (χ0n) is 9.38. The van der Waals surface area contributed by atoms with Gasteiger partial charge in [0.2, 0.25) is 9.84 Å². The van der Waals surface area contributed by atoms with Gasteiger partial charge in [-0.05, 0) is 42.0 Å². The van der Waals surface area contributed by atoms with E-state index in [0.717, 1.165) is 4.47 Å². The summed E-state index contributed by atoms with van der Waals surface area (Å²) in [4.78, 5) is 0.476. The Bertz CT molecular complexity index is 631. The first-order valence-corrected chi connectivity index (χ1v) is 7.52. The van der Waals surface area contributed by atoms with Crippen LogP contribution >= 0.6 is 15.9 Å². The van der Waals surface area contributed by atoms with Crippen molar-refractivity contribution >= 4 is 25.8 Å². The summed E-state index contributed by atoms with van der Waals surface area (Å²) >= 11 is 3.26. The van der Waals surface area contributed by atoms with Crippen molar-refractivity contribution in [1.82, 2.24) is 0 Å². The molecule has 2 aromatic rings. The van der Waals surface area contributed by atoms with Gasteiger partial charge in [-0.1, -0.05) is 28.1 Å². The van der Waals surface area contributed by atoms with Crippen LogP contribution < -0.4 is 0 Å². The molecule has 0 amide bonds. The first kappa shape index (κ1) is 13.3. The highest BCUT2D eigenvalue weighted by atomic mass is 79.9. The molecule has 2 aromatic carbocycles. The second-order valence-corrected chi connectivity index (χ2v) is 6.62.